The molecule has 1 saturated heterocycles. The highest BCUT2D eigenvalue weighted by Crippen LogP contribution is 2.29. The van der Waals surface area contributed by atoms with Gasteiger partial charge in [0.1, 0.15) is 11.6 Å². The van der Waals surface area contributed by atoms with E-state index >= 15 is 0 Å². The van der Waals surface area contributed by atoms with Crippen molar-refractivity contribution in [3.63, 3.8) is 0 Å². The highest BCUT2D eigenvalue weighted by Gasteiger charge is 2.33. The smallest absolute Gasteiger partial charge is 0.258 e. The zero-order valence-corrected chi connectivity index (χ0v) is 15.6. The number of aromatic nitrogens is 2. The molecular weight excluding hydrogens is 352 g/mol. The third-order valence-corrected chi connectivity index (χ3v) is 6.78. The molecule has 0 aliphatic carbocycles. The van der Waals surface area contributed by atoms with Gasteiger partial charge in [-0.3, -0.25) is 0 Å². The van der Waals surface area contributed by atoms with Gasteiger partial charge in [-0.2, -0.15) is 0 Å². The molecule has 2 N–H and O–H groups in total. The summed E-state index contributed by atoms with van der Waals surface area (Å²) in [6.07, 6.45) is 4.15. The maximum atomic E-state index is 13.0. The van der Waals surface area contributed by atoms with Crippen LogP contribution in [0.25, 0.3) is 0 Å². The highest BCUT2D eigenvalue weighted by molar-refractivity contribution is 7.89. The summed E-state index contributed by atoms with van der Waals surface area (Å²) < 4.78 is 35.9. The van der Waals surface area contributed by atoms with Gasteiger partial charge in [-0.15, -0.1) is 0 Å². The lowest BCUT2D eigenvalue weighted by molar-refractivity contribution is 0.376. The minimum absolute atomic E-state index is 0.123. The van der Waals surface area contributed by atoms with E-state index in [1.165, 1.54) is 6.20 Å². The van der Waals surface area contributed by atoms with Crippen molar-refractivity contribution in [3.05, 3.63) is 41.9 Å². The van der Waals surface area contributed by atoms with Crippen LogP contribution >= 0.6 is 0 Å². The summed E-state index contributed by atoms with van der Waals surface area (Å²) in [5.74, 6) is 1.78. The number of methoxy groups -OCH3 is 1. The van der Waals surface area contributed by atoms with Crippen molar-refractivity contribution >= 4 is 10.0 Å². The third-order valence-electron chi connectivity index (χ3n) is 5.29. The Morgan fingerprint density at radius 1 is 1.31 bits per heavy atom. The molecular formula is C18H24N4O3S. The van der Waals surface area contributed by atoms with E-state index in [0.717, 1.165) is 49.5 Å². The summed E-state index contributed by atoms with van der Waals surface area (Å²) in [5, 5.41) is 3.58. The van der Waals surface area contributed by atoms with Crippen LogP contribution in [0, 0.1) is 0 Å². The molecule has 2 aliphatic heterocycles. The van der Waals surface area contributed by atoms with Gasteiger partial charge in [-0.25, -0.2) is 18.1 Å². The molecule has 0 amide bonds. The van der Waals surface area contributed by atoms with E-state index in [9.17, 15) is 8.42 Å². The summed E-state index contributed by atoms with van der Waals surface area (Å²) in [6, 6.07) is 7.69. The lowest BCUT2D eigenvalue weighted by Crippen LogP contribution is -2.50. The molecule has 1 fully saturated rings. The van der Waals surface area contributed by atoms with Gasteiger partial charge in [0.15, 0.2) is 5.03 Å². The second kappa shape index (κ2) is 7.02. The molecule has 26 heavy (non-hydrogen) atoms. The van der Waals surface area contributed by atoms with Gasteiger partial charge >= 0.3 is 0 Å². The van der Waals surface area contributed by atoms with Crippen LogP contribution in [0.4, 0.5) is 0 Å². The highest BCUT2D eigenvalue weighted by atomic mass is 32.2. The topological polar surface area (TPSA) is 85.2 Å². The number of sulfonamides is 1. The zero-order valence-electron chi connectivity index (χ0n) is 14.8. The van der Waals surface area contributed by atoms with Crippen molar-refractivity contribution < 1.29 is 13.2 Å². The van der Waals surface area contributed by atoms with Gasteiger partial charge in [-0.1, -0.05) is 12.1 Å². The molecule has 2 atom stereocenters. The molecule has 3 heterocycles. The Balaban J connectivity index is 1.58. The second-order valence-corrected chi connectivity index (χ2v) is 8.53. The number of nitrogens with zero attached hydrogens (tertiary/aromatic N) is 2. The largest absolute Gasteiger partial charge is 0.497 e. The summed E-state index contributed by atoms with van der Waals surface area (Å²) >= 11 is 0. The van der Waals surface area contributed by atoms with Crippen molar-refractivity contribution in [2.24, 2.45) is 0 Å². The van der Waals surface area contributed by atoms with Gasteiger partial charge in [0.2, 0.25) is 0 Å². The molecule has 1 aromatic heterocycles. The van der Waals surface area contributed by atoms with Crippen LogP contribution in [0.1, 0.15) is 30.1 Å². The molecule has 8 heteroatoms. The first-order chi connectivity index (χ1) is 12.6. The minimum atomic E-state index is -3.61. The van der Waals surface area contributed by atoms with E-state index < -0.39 is 10.0 Å². The quantitative estimate of drug-likeness (QED) is 0.821. The summed E-state index contributed by atoms with van der Waals surface area (Å²) in [5.41, 5.74) is 1.12. The molecule has 0 radical (unpaired) electrons. The molecule has 2 unspecified atom stereocenters. The number of nitrogens with one attached hydrogen (secondary N) is 2. The zero-order chi connectivity index (χ0) is 18.1. The molecule has 1 aromatic carbocycles. The van der Waals surface area contributed by atoms with Gasteiger partial charge in [0.05, 0.1) is 13.3 Å². The maximum absolute atomic E-state index is 13.0. The summed E-state index contributed by atoms with van der Waals surface area (Å²) in [7, 11) is -1.97. The predicted molar refractivity (Wildman–Crippen MR) is 97.9 cm³/mol. The fourth-order valence-electron chi connectivity index (χ4n) is 3.94. The number of piperidine rings is 1. The van der Waals surface area contributed by atoms with E-state index in [2.05, 4.69) is 15.0 Å². The first-order valence-electron chi connectivity index (χ1n) is 9.00. The Morgan fingerprint density at radius 3 is 2.88 bits per heavy atom. The Morgan fingerprint density at radius 2 is 2.12 bits per heavy atom. The van der Waals surface area contributed by atoms with Gasteiger partial charge in [0, 0.05) is 31.5 Å². The van der Waals surface area contributed by atoms with Crippen LogP contribution in [0.5, 0.6) is 5.75 Å². The third kappa shape index (κ3) is 3.24. The second-order valence-electron chi connectivity index (χ2n) is 6.87. The number of hydrogen-bond donors (Lipinski definition) is 2. The normalized spacial score (nSPS) is 23.0. The minimum Gasteiger partial charge on any atom is -0.497 e. The monoisotopic (exact) mass is 376 g/mol. The Labute approximate surface area is 153 Å². The fourth-order valence-corrected chi connectivity index (χ4v) is 5.38. The Bertz CT molecular complexity index is 876. The number of aryl methyl sites for hydroxylation is 1. The SMILES string of the molecule is COc1ccc(C2CCNCC2NS(=O)(=O)c2cnc3n2CCC3)cc1. The van der Waals surface area contributed by atoms with Crippen molar-refractivity contribution in [2.75, 3.05) is 20.2 Å². The van der Waals surface area contributed by atoms with E-state index in [-0.39, 0.29) is 17.0 Å². The summed E-state index contributed by atoms with van der Waals surface area (Å²) in [6.45, 7) is 2.20. The first-order valence-corrected chi connectivity index (χ1v) is 10.5. The molecule has 0 spiro atoms. The van der Waals surface area contributed by atoms with Crippen LogP contribution in [-0.2, 0) is 23.0 Å². The molecule has 0 bridgehead atoms. The molecule has 7 nitrogen and oxygen atoms in total. The number of rotatable bonds is 5. The Hall–Kier alpha value is -1.90. The molecule has 0 saturated carbocycles. The molecule has 140 valence electrons. The van der Waals surface area contributed by atoms with E-state index in [1.807, 2.05) is 28.8 Å². The fraction of sp³-hybridized carbons (Fsp3) is 0.500. The van der Waals surface area contributed by atoms with Crippen molar-refractivity contribution in [3.8, 4) is 5.75 Å². The van der Waals surface area contributed by atoms with Crippen LogP contribution in [0.2, 0.25) is 0 Å². The van der Waals surface area contributed by atoms with Gasteiger partial charge in [0.25, 0.3) is 10.0 Å². The number of benzene rings is 1. The Kier molecular flexibility index (Phi) is 4.73. The van der Waals surface area contributed by atoms with Gasteiger partial charge in [-0.05, 0) is 37.1 Å². The average Bonchev–Trinajstić information content (AvgIpc) is 3.25. The molecule has 2 aliphatic rings. The van der Waals surface area contributed by atoms with Gasteiger partial charge < -0.3 is 14.6 Å². The van der Waals surface area contributed by atoms with Crippen LogP contribution in [-0.4, -0.2) is 44.2 Å². The predicted octanol–water partition coefficient (Wildman–Crippen LogP) is 1.26. The average molecular weight is 376 g/mol. The lowest BCUT2D eigenvalue weighted by atomic mass is 9.86. The summed E-state index contributed by atoms with van der Waals surface area (Å²) in [4.78, 5) is 4.27. The van der Waals surface area contributed by atoms with Crippen molar-refractivity contribution in [2.45, 2.75) is 42.8 Å². The van der Waals surface area contributed by atoms with E-state index in [0.29, 0.717) is 6.54 Å². The molecule has 2 aromatic rings. The lowest BCUT2D eigenvalue weighted by Gasteiger charge is -2.33. The standard InChI is InChI=1S/C18H24N4O3S/c1-25-14-6-4-13(5-7-14)15-8-9-19-11-16(15)21-26(23,24)18-12-20-17-3-2-10-22(17)18/h4-7,12,15-16,19,21H,2-3,8-11H2,1H3. The number of hydrogen-bond acceptors (Lipinski definition) is 5. The first kappa shape index (κ1) is 17.5. The van der Waals surface area contributed by atoms with E-state index in [4.69, 9.17) is 4.74 Å². The van der Waals surface area contributed by atoms with Crippen LogP contribution in [0.15, 0.2) is 35.5 Å². The maximum Gasteiger partial charge on any atom is 0.258 e. The number of fused-ring (bicyclic) bond motifs is 1. The van der Waals surface area contributed by atoms with Crippen molar-refractivity contribution in [1.29, 1.82) is 0 Å². The van der Waals surface area contributed by atoms with Crippen molar-refractivity contribution in [1.82, 2.24) is 19.6 Å². The number of ether oxygens (including phenoxy) is 1. The van der Waals surface area contributed by atoms with Crippen LogP contribution < -0.4 is 14.8 Å². The number of imidazole rings is 1. The van der Waals surface area contributed by atoms with Crippen LogP contribution in [0.3, 0.4) is 0 Å². The molecule has 4 rings (SSSR count). The van der Waals surface area contributed by atoms with E-state index in [1.54, 1.807) is 7.11 Å².